The summed E-state index contributed by atoms with van der Waals surface area (Å²) in [6.45, 7) is 3.42. The van der Waals surface area contributed by atoms with Gasteiger partial charge in [-0.1, -0.05) is 0 Å². The molecule has 0 aliphatic carbocycles. The van der Waals surface area contributed by atoms with Crippen LogP contribution in [0.3, 0.4) is 0 Å². The molecule has 4 rings (SSSR count). The molecule has 0 radical (unpaired) electrons. The molecule has 0 aromatic carbocycles. The smallest absolute Gasteiger partial charge is 0.255 e. The molecule has 7 heteroatoms. The Bertz CT molecular complexity index is 838. The Balaban J connectivity index is 1.59. The van der Waals surface area contributed by atoms with E-state index in [1.807, 2.05) is 51.5 Å². The van der Waals surface area contributed by atoms with Crippen molar-refractivity contribution < 1.29 is 4.79 Å². The third-order valence-corrected chi connectivity index (χ3v) is 4.41. The third-order valence-electron chi connectivity index (χ3n) is 4.41. The van der Waals surface area contributed by atoms with Crippen LogP contribution in [0.5, 0.6) is 0 Å². The first kappa shape index (κ1) is 13.9. The molecule has 0 saturated carbocycles. The van der Waals surface area contributed by atoms with Crippen LogP contribution in [0, 0.1) is 6.92 Å². The second-order valence-corrected chi connectivity index (χ2v) is 5.92. The molecule has 23 heavy (non-hydrogen) atoms. The van der Waals surface area contributed by atoms with E-state index in [0.717, 1.165) is 37.4 Å². The lowest BCUT2D eigenvalue weighted by molar-refractivity contribution is 0.0721. The molecule has 1 fully saturated rings. The fourth-order valence-electron chi connectivity index (χ4n) is 3.21. The van der Waals surface area contributed by atoms with Gasteiger partial charge >= 0.3 is 0 Å². The first-order chi connectivity index (χ1) is 11.2. The number of aromatic nitrogens is 5. The first-order valence-corrected chi connectivity index (χ1v) is 7.82. The maximum atomic E-state index is 12.9. The number of fused-ring (bicyclic) bond motifs is 1. The van der Waals surface area contributed by atoms with E-state index < -0.39 is 0 Å². The zero-order chi connectivity index (χ0) is 15.8. The van der Waals surface area contributed by atoms with Crippen molar-refractivity contribution in [2.24, 2.45) is 0 Å². The van der Waals surface area contributed by atoms with Gasteiger partial charge < -0.3 is 4.90 Å². The Morgan fingerprint density at radius 2 is 2.26 bits per heavy atom. The number of nitrogens with zero attached hydrogens (tertiary/aromatic N) is 6. The van der Waals surface area contributed by atoms with E-state index in [9.17, 15) is 4.79 Å². The number of carbonyl (C=O) groups excluding carboxylic acids is 1. The molecule has 1 aliphatic rings. The minimum absolute atomic E-state index is 0.0645. The maximum Gasteiger partial charge on any atom is 0.255 e. The number of aryl methyl sites for hydroxylation is 1. The van der Waals surface area contributed by atoms with Crippen molar-refractivity contribution in [2.45, 2.75) is 32.4 Å². The Hall–Kier alpha value is -2.70. The van der Waals surface area contributed by atoms with Crippen molar-refractivity contribution >= 4 is 11.6 Å². The molecule has 1 saturated heterocycles. The van der Waals surface area contributed by atoms with Gasteiger partial charge in [0, 0.05) is 25.1 Å². The Morgan fingerprint density at radius 3 is 3.09 bits per heavy atom. The molecular weight excluding hydrogens is 292 g/mol. The van der Waals surface area contributed by atoms with Gasteiger partial charge in [0.25, 0.3) is 5.91 Å². The first-order valence-electron chi connectivity index (χ1n) is 7.82. The molecule has 1 aliphatic heterocycles. The highest BCUT2D eigenvalue weighted by Crippen LogP contribution is 2.21. The summed E-state index contributed by atoms with van der Waals surface area (Å²) < 4.78 is 3.75. The third kappa shape index (κ3) is 2.48. The average molecular weight is 310 g/mol. The van der Waals surface area contributed by atoms with Crippen LogP contribution in [-0.2, 0) is 6.54 Å². The molecule has 0 unspecified atom stereocenters. The minimum Gasteiger partial charge on any atom is -0.334 e. The normalized spacial score (nSPS) is 18.0. The summed E-state index contributed by atoms with van der Waals surface area (Å²) in [5, 5.41) is 12.3. The van der Waals surface area contributed by atoms with Gasteiger partial charge in [-0.15, -0.1) is 10.2 Å². The predicted octanol–water partition coefficient (Wildman–Crippen LogP) is 1.54. The van der Waals surface area contributed by atoms with Crippen LogP contribution < -0.4 is 0 Å². The Labute approximate surface area is 133 Å². The number of hydrogen-bond donors (Lipinski definition) is 0. The van der Waals surface area contributed by atoms with E-state index in [-0.39, 0.29) is 11.9 Å². The average Bonchev–Trinajstić information content (AvgIpc) is 3.29. The van der Waals surface area contributed by atoms with Crippen LogP contribution in [0.25, 0.3) is 5.65 Å². The van der Waals surface area contributed by atoms with E-state index in [2.05, 4.69) is 15.3 Å². The molecule has 4 heterocycles. The van der Waals surface area contributed by atoms with Crippen molar-refractivity contribution in [1.29, 1.82) is 0 Å². The van der Waals surface area contributed by atoms with Crippen molar-refractivity contribution in [2.75, 3.05) is 6.54 Å². The summed E-state index contributed by atoms with van der Waals surface area (Å²) in [5.74, 6) is 0.846. The fourth-order valence-corrected chi connectivity index (χ4v) is 3.21. The van der Waals surface area contributed by atoms with Crippen LogP contribution in [0.4, 0.5) is 0 Å². The lowest BCUT2D eigenvalue weighted by atomic mass is 10.2. The molecule has 3 aromatic rings. The van der Waals surface area contributed by atoms with Gasteiger partial charge in [-0.25, -0.2) is 0 Å². The summed E-state index contributed by atoms with van der Waals surface area (Å²) >= 11 is 0. The second kappa shape index (κ2) is 5.49. The summed E-state index contributed by atoms with van der Waals surface area (Å²) in [5.41, 5.74) is 1.43. The zero-order valence-electron chi connectivity index (χ0n) is 13.0. The van der Waals surface area contributed by atoms with Crippen LogP contribution in [0.15, 0.2) is 36.8 Å². The van der Waals surface area contributed by atoms with Gasteiger partial charge in [-0.2, -0.15) is 5.10 Å². The lowest BCUT2D eigenvalue weighted by Gasteiger charge is -2.24. The molecule has 0 bridgehead atoms. The summed E-state index contributed by atoms with van der Waals surface area (Å²) in [6.07, 6.45) is 7.58. The topological polar surface area (TPSA) is 68.3 Å². The maximum absolute atomic E-state index is 12.9. The molecule has 1 amide bonds. The number of carbonyl (C=O) groups is 1. The number of likely N-dealkylation sites (tertiary alicyclic amines) is 1. The minimum atomic E-state index is 0.0645. The van der Waals surface area contributed by atoms with Crippen molar-refractivity contribution in [1.82, 2.24) is 29.3 Å². The number of hydrogen-bond acceptors (Lipinski definition) is 4. The van der Waals surface area contributed by atoms with Gasteiger partial charge in [0.2, 0.25) is 0 Å². The molecular formula is C16H18N6O. The van der Waals surface area contributed by atoms with Crippen LogP contribution >= 0.6 is 0 Å². The van der Waals surface area contributed by atoms with Gasteiger partial charge in [0.05, 0.1) is 18.2 Å². The second-order valence-electron chi connectivity index (χ2n) is 5.92. The Morgan fingerprint density at radius 1 is 1.35 bits per heavy atom. The number of rotatable bonds is 3. The summed E-state index contributed by atoms with van der Waals surface area (Å²) in [4.78, 5) is 14.9. The standard InChI is InChI=1S/C16H18N6O/c1-12-18-19-15-6-5-13(10-22(12)15)16(23)21-9-2-4-14(21)11-20-8-3-7-17-20/h3,5-8,10,14H,2,4,9,11H2,1H3/t14-/m0/s1. The van der Waals surface area contributed by atoms with Gasteiger partial charge in [0.15, 0.2) is 5.65 Å². The summed E-state index contributed by atoms with van der Waals surface area (Å²) in [6, 6.07) is 5.77. The molecule has 0 spiro atoms. The molecule has 118 valence electrons. The van der Waals surface area contributed by atoms with Crippen LogP contribution in [0.2, 0.25) is 0 Å². The monoisotopic (exact) mass is 310 g/mol. The summed E-state index contributed by atoms with van der Waals surface area (Å²) in [7, 11) is 0. The quantitative estimate of drug-likeness (QED) is 0.736. The number of pyridine rings is 1. The SMILES string of the molecule is Cc1nnc2ccc(C(=O)N3CCC[C@H]3Cn3cccn3)cn12. The van der Waals surface area contributed by atoms with E-state index >= 15 is 0 Å². The molecule has 0 N–H and O–H groups in total. The van der Waals surface area contributed by atoms with Crippen LogP contribution in [0.1, 0.15) is 29.0 Å². The zero-order valence-corrected chi connectivity index (χ0v) is 13.0. The van der Waals surface area contributed by atoms with Crippen molar-refractivity contribution in [3.05, 3.63) is 48.2 Å². The molecule has 1 atom stereocenters. The fraction of sp³-hybridized carbons (Fsp3) is 0.375. The van der Waals surface area contributed by atoms with Gasteiger partial charge in [-0.3, -0.25) is 13.9 Å². The number of amides is 1. The highest BCUT2D eigenvalue weighted by molar-refractivity contribution is 5.94. The predicted molar refractivity (Wildman–Crippen MR) is 84.0 cm³/mol. The lowest BCUT2D eigenvalue weighted by Crippen LogP contribution is -2.38. The van der Waals surface area contributed by atoms with Crippen LogP contribution in [-0.4, -0.2) is 47.8 Å². The van der Waals surface area contributed by atoms with Gasteiger partial charge in [0.1, 0.15) is 5.82 Å². The molecule has 3 aromatic heterocycles. The largest absolute Gasteiger partial charge is 0.334 e. The Kier molecular flexibility index (Phi) is 3.33. The van der Waals surface area contributed by atoms with E-state index in [0.29, 0.717) is 5.56 Å². The van der Waals surface area contributed by atoms with E-state index in [4.69, 9.17) is 0 Å². The highest BCUT2D eigenvalue weighted by Gasteiger charge is 2.30. The van der Waals surface area contributed by atoms with E-state index in [1.54, 1.807) is 6.20 Å². The van der Waals surface area contributed by atoms with Crippen molar-refractivity contribution in [3.63, 3.8) is 0 Å². The highest BCUT2D eigenvalue weighted by atomic mass is 16.2. The molecule has 7 nitrogen and oxygen atoms in total. The van der Waals surface area contributed by atoms with Gasteiger partial charge in [-0.05, 0) is 38.0 Å². The van der Waals surface area contributed by atoms with Crippen molar-refractivity contribution in [3.8, 4) is 0 Å². The van der Waals surface area contributed by atoms with E-state index in [1.165, 1.54) is 0 Å².